The van der Waals surface area contributed by atoms with E-state index in [1.165, 1.54) is 16.8 Å². The van der Waals surface area contributed by atoms with Crippen molar-refractivity contribution in [2.75, 3.05) is 19.6 Å². The van der Waals surface area contributed by atoms with Crippen molar-refractivity contribution in [3.63, 3.8) is 0 Å². The Morgan fingerprint density at radius 3 is 2.62 bits per heavy atom. The van der Waals surface area contributed by atoms with E-state index in [1.54, 1.807) is 17.2 Å². The predicted octanol–water partition coefficient (Wildman–Crippen LogP) is 3.51. The van der Waals surface area contributed by atoms with Crippen molar-refractivity contribution in [2.45, 2.75) is 13.0 Å². The Morgan fingerprint density at radius 2 is 1.79 bits per heavy atom. The van der Waals surface area contributed by atoms with Crippen LogP contribution in [0.3, 0.4) is 0 Å². The maximum absolute atomic E-state index is 12.6. The highest BCUT2D eigenvalue weighted by molar-refractivity contribution is 5.92. The minimum Gasteiger partial charge on any atom is -0.337 e. The summed E-state index contributed by atoms with van der Waals surface area (Å²) >= 11 is 0. The SMILES string of the molecule is O=C(/C=C/c1ccccn1)N1CCC(=O)N(Cc2ccc3ccccc3c2)CC1. The first-order valence-corrected chi connectivity index (χ1v) is 9.82. The predicted molar refractivity (Wildman–Crippen MR) is 114 cm³/mol. The van der Waals surface area contributed by atoms with E-state index in [2.05, 4.69) is 35.3 Å². The fraction of sp³-hybridized carbons (Fsp3) is 0.208. The Morgan fingerprint density at radius 1 is 0.966 bits per heavy atom. The molecule has 0 N–H and O–H groups in total. The Kier molecular flexibility index (Phi) is 5.66. The number of benzene rings is 2. The van der Waals surface area contributed by atoms with Gasteiger partial charge in [0.25, 0.3) is 0 Å². The number of fused-ring (bicyclic) bond motifs is 1. The van der Waals surface area contributed by atoms with Crippen LogP contribution in [-0.4, -0.2) is 46.2 Å². The van der Waals surface area contributed by atoms with Crippen molar-refractivity contribution in [3.8, 4) is 0 Å². The first-order valence-electron chi connectivity index (χ1n) is 9.82. The number of nitrogens with zero attached hydrogens (tertiary/aromatic N) is 3. The molecule has 146 valence electrons. The van der Waals surface area contributed by atoms with Crippen molar-refractivity contribution < 1.29 is 9.59 Å². The van der Waals surface area contributed by atoms with Crippen LogP contribution >= 0.6 is 0 Å². The van der Waals surface area contributed by atoms with Gasteiger partial charge in [0.2, 0.25) is 11.8 Å². The van der Waals surface area contributed by atoms with Crippen LogP contribution in [-0.2, 0) is 16.1 Å². The highest BCUT2D eigenvalue weighted by atomic mass is 16.2. The second-order valence-corrected chi connectivity index (χ2v) is 7.16. The number of amides is 2. The number of carbonyl (C=O) groups excluding carboxylic acids is 2. The minimum atomic E-state index is -0.0870. The van der Waals surface area contributed by atoms with Crippen molar-refractivity contribution >= 4 is 28.7 Å². The second-order valence-electron chi connectivity index (χ2n) is 7.16. The second kappa shape index (κ2) is 8.69. The topological polar surface area (TPSA) is 53.5 Å². The Bertz CT molecular complexity index is 1050. The van der Waals surface area contributed by atoms with Crippen molar-refractivity contribution in [3.05, 3.63) is 84.2 Å². The van der Waals surface area contributed by atoms with Gasteiger partial charge in [-0.2, -0.15) is 0 Å². The molecule has 0 unspecified atom stereocenters. The molecule has 1 aliphatic heterocycles. The number of carbonyl (C=O) groups is 2. The normalized spacial score (nSPS) is 15.1. The standard InChI is InChI=1S/C24H23N3O2/c28-23(11-10-22-7-3-4-13-25-22)26-14-12-24(29)27(16-15-26)18-19-8-9-20-5-1-2-6-21(20)17-19/h1-11,13,17H,12,14-16,18H2/b11-10+. The van der Waals surface area contributed by atoms with E-state index < -0.39 is 0 Å². The third-order valence-corrected chi connectivity index (χ3v) is 5.17. The molecule has 1 saturated heterocycles. The van der Waals surface area contributed by atoms with E-state index in [9.17, 15) is 9.59 Å². The van der Waals surface area contributed by atoms with E-state index >= 15 is 0 Å². The van der Waals surface area contributed by atoms with E-state index in [0.717, 1.165) is 11.3 Å². The summed E-state index contributed by atoms with van der Waals surface area (Å²) in [6.45, 7) is 2.08. The summed E-state index contributed by atoms with van der Waals surface area (Å²) < 4.78 is 0. The zero-order valence-corrected chi connectivity index (χ0v) is 16.2. The van der Waals surface area contributed by atoms with Gasteiger partial charge in [0.1, 0.15) is 0 Å². The highest BCUT2D eigenvalue weighted by Crippen LogP contribution is 2.18. The van der Waals surface area contributed by atoms with E-state index in [1.807, 2.05) is 35.2 Å². The van der Waals surface area contributed by atoms with Crippen LogP contribution in [0.15, 0.2) is 72.9 Å². The fourth-order valence-corrected chi connectivity index (χ4v) is 3.55. The average molecular weight is 385 g/mol. The molecule has 4 rings (SSSR count). The molecule has 2 heterocycles. The molecule has 0 spiro atoms. The van der Waals surface area contributed by atoms with Crippen LogP contribution in [0.5, 0.6) is 0 Å². The molecule has 0 atom stereocenters. The van der Waals surface area contributed by atoms with Gasteiger partial charge in [0.15, 0.2) is 0 Å². The van der Waals surface area contributed by atoms with Crippen LogP contribution in [0.1, 0.15) is 17.7 Å². The summed E-state index contributed by atoms with van der Waals surface area (Å²) in [7, 11) is 0. The van der Waals surface area contributed by atoms with Gasteiger partial charge in [-0.25, -0.2) is 0 Å². The molecule has 5 heteroatoms. The summed E-state index contributed by atoms with van der Waals surface area (Å²) in [4.78, 5) is 32.9. The monoisotopic (exact) mass is 385 g/mol. The molecule has 1 aliphatic rings. The van der Waals surface area contributed by atoms with Crippen LogP contribution in [0.2, 0.25) is 0 Å². The molecule has 1 fully saturated rings. The molecule has 1 aromatic heterocycles. The van der Waals surface area contributed by atoms with E-state index in [4.69, 9.17) is 0 Å². The lowest BCUT2D eigenvalue weighted by atomic mass is 10.1. The number of aromatic nitrogens is 1. The molecule has 5 nitrogen and oxygen atoms in total. The molecular formula is C24H23N3O2. The molecule has 29 heavy (non-hydrogen) atoms. The summed E-state index contributed by atoms with van der Waals surface area (Å²) in [5, 5.41) is 2.36. The molecule has 0 radical (unpaired) electrons. The van der Waals surface area contributed by atoms with Crippen LogP contribution < -0.4 is 0 Å². The van der Waals surface area contributed by atoms with Crippen LogP contribution in [0, 0.1) is 0 Å². The van der Waals surface area contributed by atoms with Crippen molar-refractivity contribution in [2.24, 2.45) is 0 Å². The maximum atomic E-state index is 12.6. The number of hydrogen-bond donors (Lipinski definition) is 0. The Balaban J connectivity index is 1.40. The largest absolute Gasteiger partial charge is 0.337 e. The molecule has 0 saturated carbocycles. The molecule has 2 amide bonds. The van der Waals surface area contributed by atoms with Gasteiger partial charge in [-0.1, -0.05) is 42.5 Å². The quantitative estimate of drug-likeness (QED) is 0.646. The van der Waals surface area contributed by atoms with E-state index in [-0.39, 0.29) is 11.8 Å². The van der Waals surface area contributed by atoms with Gasteiger partial charge in [-0.3, -0.25) is 14.6 Å². The van der Waals surface area contributed by atoms with Crippen molar-refractivity contribution in [1.29, 1.82) is 0 Å². The number of rotatable bonds is 4. The zero-order valence-electron chi connectivity index (χ0n) is 16.2. The lowest BCUT2D eigenvalue weighted by molar-refractivity contribution is -0.130. The lowest BCUT2D eigenvalue weighted by Crippen LogP contribution is -2.34. The maximum Gasteiger partial charge on any atom is 0.246 e. The Labute approximate surface area is 170 Å². The van der Waals surface area contributed by atoms with Crippen LogP contribution in [0.25, 0.3) is 16.8 Å². The van der Waals surface area contributed by atoms with Gasteiger partial charge in [0, 0.05) is 44.9 Å². The first-order chi connectivity index (χ1) is 14.2. The lowest BCUT2D eigenvalue weighted by Gasteiger charge is -2.22. The van der Waals surface area contributed by atoms with Crippen molar-refractivity contribution in [1.82, 2.24) is 14.8 Å². The van der Waals surface area contributed by atoms with Gasteiger partial charge >= 0.3 is 0 Å². The highest BCUT2D eigenvalue weighted by Gasteiger charge is 2.23. The van der Waals surface area contributed by atoms with Gasteiger partial charge < -0.3 is 9.80 Å². The summed E-state index contributed by atoms with van der Waals surface area (Å²) in [5.74, 6) is -0.00169. The smallest absolute Gasteiger partial charge is 0.246 e. The Hall–Kier alpha value is -3.47. The van der Waals surface area contributed by atoms with E-state index in [0.29, 0.717) is 32.6 Å². The number of hydrogen-bond acceptors (Lipinski definition) is 3. The zero-order chi connectivity index (χ0) is 20.1. The third-order valence-electron chi connectivity index (χ3n) is 5.17. The number of pyridine rings is 1. The fourth-order valence-electron chi connectivity index (χ4n) is 3.55. The molecule has 3 aromatic rings. The first kappa shape index (κ1) is 18.9. The molecule has 0 bridgehead atoms. The summed E-state index contributed by atoms with van der Waals surface area (Å²) in [6.07, 6.45) is 5.28. The third kappa shape index (κ3) is 4.69. The van der Waals surface area contributed by atoms with Gasteiger partial charge in [-0.05, 0) is 40.6 Å². The van der Waals surface area contributed by atoms with Gasteiger partial charge in [-0.15, -0.1) is 0 Å². The summed E-state index contributed by atoms with van der Waals surface area (Å²) in [6, 6.07) is 20.1. The molecule has 2 aromatic carbocycles. The molecule has 0 aliphatic carbocycles. The van der Waals surface area contributed by atoms with Crippen LogP contribution in [0.4, 0.5) is 0 Å². The van der Waals surface area contributed by atoms with Gasteiger partial charge in [0.05, 0.1) is 5.69 Å². The minimum absolute atomic E-state index is 0.0853. The summed E-state index contributed by atoms with van der Waals surface area (Å²) in [5.41, 5.74) is 1.84. The average Bonchev–Trinajstić information content (AvgIpc) is 2.94. The molecular weight excluding hydrogens is 362 g/mol.